The Hall–Kier alpha value is 1.56. The maximum Gasteiger partial charge on any atom is 1.00 e. The zero-order valence-electron chi connectivity index (χ0n) is 13.9. The zero-order valence-corrected chi connectivity index (χ0v) is 17.1. The van der Waals surface area contributed by atoms with Gasteiger partial charge in [0.1, 0.15) is 0 Å². The molecule has 0 aliphatic heterocycles. The Kier molecular flexibility index (Phi) is 21.2. The van der Waals surface area contributed by atoms with E-state index < -0.39 is 0 Å². The third-order valence-electron chi connectivity index (χ3n) is 3.62. The van der Waals surface area contributed by atoms with E-state index in [0.29, 0.717) is 0 Å². The number of nitrogens with one attached hydrogen (secondary N) is 2. The van der Waals surface area contributed by atoms with Gasteiger partial charge in [-0.05, 0) is 19.9 Å². The predicted molar refractivity (Wildman–Crippen MR) is 83.1 cm³/mol. The molecule has 0 aromatic carbocycles. The molecule has 19 heavy (non-hydrogen) atoms. The first-order valence-corrected chi connectivity index (χ1v) is 8.12. The average Bonchev–Trinajstić information content (AvgIpc) is 2.42. The van der Waals surface area contributed by atoms with Gasteiger partial charge in [0.25, 0.3) is 0 Å². The van der Waals surface area contributed by atoms with Crippen LogP contribution in [0.1, 0.15) is 84.5 Å². The van der Waals surface area contributed by atoms with Crippen LogP contribution in [0.3, 0.4) is 0 Å². The summed E-state index contributed by atoms with van der Waals surface area (Å²) in [6.45, 7) is 4.25. The molecule has 2 saturated carbocycles. The van der Waals surface area contributed by atoms with Crippen LogP contribution in [-0.2, 0) is 0 Å². The minimum absolute atomic E-state index is 0. The molecule has 0 saturated heterocycles. The Morgan fingerprint density at radius 3 is 1.42 bits per heavy atom. The Morgan fingerprint density at radius 1 is 0.842 bits per heavy atom. The first-order chi connectivity index (χ1) is 8.74. The van der Waals surface area contributed by atoms with Crippen molar-refractivity contribution in [3.8, 4) is 0 Å². The fourth-order valence-electron chi connectivity index (χ4n) is 2.49. The SMILES string of the molecule is CCC.CNC1CCCCC1.[K+].[NH-]C1CCCCC1. The van der Waals surface area contributed by atoms with Crippen molar-refractivity contribution in [1.82, 2.24) is 5.32 Å². The number of hydrogen-bond acceptors (Lipinski definition) is 1. The summed E-state index contributed by atoms with van der Waals surface area (Å²) in [7, 11) is 2.07. The monoisotopic (exact) mass is 294 g/mol. The van der Waals surface area contributed by atoms with Crippen molar-refractivity contribution >= 4 is 0 Å². The van der Waals surface area contributed by atoms with E-state index in [4.69, 9.17) is 5.73 Å². The minimum Gasteiger partial charge on any atom is -0.675 e. The molecule has 2 N–H and O–H groups in total. The van der Waals surface area contributed by atoms with E-state index >= 15 is 0 Å². The summed E-state index contributed by atoms with van der Waals surface area (Å²) >= 11 is 0. The maximum absolute atomic E-state index is 7.27. The molecule has 110 valence electrons. The summed E-state index contributed by atoms with van der Waals surface area (Å²) in [5, 5.41) is 3.30. The second-order valence-electron chi connectivity index (χ2n) is 5.67. The summed E-state index contributed by atoms with van der Waals surface area (Å²) in [5.74, 6) is 0. The topological polar surface area (TPSA) is 35.8 Å². The smallest absolute Gasteiger partial charge is 0.675 e. The van der Waals surface area contributed by atoms with Gasteiger partial charge in [0.05, 0.1) is 0 Å². The van der Waals surface area contributed by atoms with Crippen LogP contribution in [-0.4, -0.2) is 19.1 Å². The van der Waals surface area contributed by atoms with Crippen molar-refractivity contribution in [1.29, 1.82) is 0 Å². The Bertz CT molecular complexity index is 153. The van der Waals surface area contributed by atoms with Crippen molar-refractivity contribution < 1.29 is 51.4 Å². The molecule has 0 amide bonds. The standard InChI is InChI=1S/C7H15N.C6H12N.C3H8.K/c1-8-7-5-3-2-4-6-7;7-6-4-2-1-3-5-6;1-3-2;/h7-8H,2-6H2,1H3;6-7H,1-5H2;3H2,1-2H3;/q;-1;;+1. The number of hydrogen-bond donors (Lipinski definition) is 1. The normalized spacial score (nSPS) is 20.2. The summed E-state index contributed by atoms with van der Waals surface area (Å²) < 4.78 is 0. The van der Waals surface area contributed by atoms with Crippen LogP contribution in [0.5, 0.6) is 0 Å². The second kappa shape index (κ2) is 17.6. The molecule has 2 rings (SSSR count). The van der Waals surface area contributed by atoms with Gasteiger partial charge < -0.3 is 11.1 Å². The van der Waals surface area contributed by atoms with Crippen LogP contribution in [0.25, 0.3) is 5.73 Å². The van der Waals surface area contributed by atoms with Crippen LogP contribution >= 0.6 is 0 Å². The van der Waals surface area contributed by atoms with Crippen molar-refractivity contribution in [3.05, 3.63) is 5.73 Å². The van der Waals surface area contributed by atoms with Crippen LogP contribution in [0.2, 0.25) is 0 Å². The molecule has 0 unspecified atom stereocenters. The Morgan fingerprint density at radius 2 is 1.21 bits per heavy atom. The molecule has 2 fully saturated rings. The van der Waals surface area contributed by atoms with Gasteiger partial charge in [-0.3, -0.25) is 0 Å². The molecular weight excluding hydrogens is 259 g/mol. The van der Waals surface area contributed by atoms with E-state index in [-0.39, 0.29) is 57.4 Å². The molecule has 0 heterocycles. The third-order valence-corrected chi connectivity index (χ3v) is 3.62. The largest absolute Gasteiger partial charge is 1.00 e. The van der Waals surface area contributed by atoms with Crippen molar-refractivity contribution in [2.75, 3.05) is 7.05 Å². The molecule has 0 radical (unpaired) electrons. The maximum atomic E-state index is 7.27. The zero-order chi connectivity index (χ0) is 13.6. The van der Waals surface area contributed by atoms with Gasteiger partial charge in [-0.2, -0.15) is 0 Å². The molecule has 0 atom stereocenters. The van der Waals surface area contributed by atoms with Crippen molar-refractivity contribution in [2.45, 2.75) is 96.6 Å². The molecule has 2 aliphatic carbocycles. The van der Waals surface area contributed by atoms with Crippen LogP contribution in [0.15, 0.2) is 0 Å². The Labute approximate surface area is 164 Å². The molecule has 2 aliphatic rings. The van der Waals surface area contributed by atoms with E-state index in [9.17, 15) is 0 Å². The second-order valence-corrected chi connectivity index (χ2v) is 5.67. The van der Waals surface area contributed by atoms with Gasteiger partial charge in [0.2, 0.25) is 0 Å². The van der Waals surface area contributed by atoms with Gasteiger partial charge in [-0.1, -0.05) is 71.6 Å². The summed E-state index contributed by atoms with van der Waals surface area (Å²) in [5.41, 5.74) is 7.27. The van der Waals surface area contributed by atoms with Crippen molar-refractivity contribution in [2.24, 2.45) is 0 Å². The van der Waals surface area contributed by atoms with E-state index in [2.05, 4.69) is 26.2 Å². The molecule has 0 aromatic rings. The molecule has 3 heteroatoms. The van der Waals surface area contributed by atoms with E-state index in [1.165, 1.54) is 57.8 Å². The van der Waals surface area contributed by atoms with Crippen molar-refractivity contribution in [3.63, 3.8) is 0 Å². The van der Waals surface area contributed by atoms with Crippen LogP contribution in [0, 0.1) is 0 Å². The fourth-order valence-corrected chi connectivity index (χ4v) is 2.49. The first kappa shape index (κ1) is 22.8. The van der Waals surface area contributed by atoms with Gasteiger partial charge in [0.15, 0.2) is 0 Å². The van der Waals surface area contributed by atoms with Gasteiger partial charge in [0, 0.05) is 6.04 Å². The van der Waals surface area contributed by atoms with Gasteiger partial charge in [-0.15, -0.1) is 6.04 Å². The van der Waals surface area contributed by atoms with Crippen LogP contribution < -0.4 is 56.7 Å². The van der Waals surface area contributed by atoms with Gasteiger partial charge in [-0.25, -0.2) is 0 Å². The van der Waals surface area contributed by atoms with Gasteiger partial charge >= 0.3 is 51.4 Å². The third kappa shape index (κ3) is 15.8. The minimum atomic E-state index is 0. The molecule has 0 spiro atoms. The molecular formula is C16H35KN2. The Balaban J connectivity index is 0. The predicted octanol–water partition coefficient (Wildman–Crippen LogP) is 2.33. The van der Waals surface area contributed by atoms with E-state index in [1.807, 2.05) is 0 Å². The summed E-state index contributed by atoms with van der Waals surface area (Å²) in [6, 6.07) is 1.12. The van der Waals surface area contributed by atoms with E-state index in [0.717, 1.165) is 18.9 Å². The molecule has 0 aromatic heterocycles. The summed E-state index contributed by atoms with van der Waals surface area (Å²) in [6.07, 6.45) is 14.7. The first-order valence-electron chi connectivity index (χ1n) is 8.12. The fraction of sp³-hybridized carbons (Fsp3) is 1.00. The van der Waals surface area contributed by atoms with Crippen LogP contribution in [0.4, 0.5) is 0 Å². The summed E-state index contributed by atoms with van der Waals surface area (Å²) in [4.78, 5) is 0. The molecule has 2 nitrogen and oxygen atoms in total. The number of rotatable bonds is 1. The van der Waals surface area contributed by atoms with E-state index in [1.54, 1.807) is 0 Å². The molecule has 0 bridgehead atoms. The average molecular weight is 295 g/mol. The quantitative estimate of drug-likeness (QED) is 0.740.